The lowest BCUT2D eigenvalue weighted by molar-refractivity contribution is -0.121. The standard InChI is InChI=1S/C12H17NOS2/c1-9-7-15-12(13-9)16-8-11(14)10-5-3-2-4-6-10/h7,10H,2-6,8H2,1H3. The summed E-state index contributed by atoms with van der Waals surface area (Å²) in [6, 6.07) is 0. The Morgan fingerprint density at radius 1 is 1.50 bits per heavy atom. The molecule has 1 fully saturated rings. The fraction of sp³-hybridized carbons (Fsp3) is 0.667. The first-order chi connectivity index (χ1) is 7.75. The molecule has 0 aromatic carbocycles. The summed E-state index contributed by atoms with van der Waals surface area (Å²) in [6.07, 6.45) is 5.99. The van der Waals surface area contributed by atoms with Crippen molar-refractivity contribution in [1.82, 2.24) is 4.98 Å². The van der Waals surface area contributed by atoms with Gasteiger partial charge in [-0.2, -0.15) is 0 Å². The molecule has 0 unspecified atom stereocenters. The van der Waals surface area contributed by atoms with E-state index in [9.17, 15) is 4.79 Å². The Morgan fingerprint density at radius 3 is 2.88 bits per heavy atom. The molecule has 0 aliphatic heterocycles. The molecule has 16 heavy (non-hydrogen) atoms. The summed E-state index contributed by atoms with van der Waals surface area (Å²) in [5, 5.41) is 2.04. The summed E-state index contributed by atoms with van der Waals surface area (Å²) >= 11 is 3.24. The zero-order valence-electron chi connectivity index (χ0n) is 9.57. The quantitative estimate of drug-likeness (QED) is 0.769. The summed E-state index contributed by atoms with van der Waals surface area (Å²) in [5.74, 6) is 1.37. The van der Waals surface area contributed by atoms with E-state index >= 15 is 0 Å². The van der Waals surface area contributed by atoms with E-state index in [1.54, 1.807) is 23.1 Å². The largest absolute Gasteiger partial charge is 0.298 e. The summed E-state index contributed by atoms with van der Waals surface area (Å²) in [5.41, 5.74) is 1.05. The molecule has 2 rings (SSSR count). The second-order valence-electron chi connectivity index (χ2n) is 4.34. The lowest BCUT2D eigenvalue weighted by atomic mass is 9.87. The normalized spacial score (nSPS) is 17.6. The zero-order valence-corrected chi connectivity index (χ0v) is 11.2. The topological polar surface area (TPSA) is 30.0 Å². The van der Waals surface area contributed by atoms with Crippen molar-refractivity contribution < 1.29 is 4.79 Å². The van der Waals surface area contributed by atoms with Crippen LogP contribution in [0.5, 0.6) is 0 Å². The van der Waals surface area contributed by atoms with E-state index in [-0.39, 0.29) is 0 Å². The van der Waals surface area contributed by atoms with Gasteiger partial charge < -0.3 is 0 Å². The number of carbonyl (C=O) groups is 1. The Labute approximate surface area is 105 Å². The number of rotatable bonds is 4. The first-order valence-corrected chi connectivity index (χ1v) is 7.70. The Balaban J connectivity index is 1.78. The van der Waals surface area contributed by atoms with Gasteiger partial charge in [0.25, 0.3) is 0 Å². The van der Waals surface area contributed by atoms with Crippen LogP contribution in [0.2, 0.25) is 0 Å². The lowest BCUT2D eigenvalue weighted by Crippen LogP contribution is -2.19. The molecule has 2 nitrogen and oxygen atoms in total. The molecule has 88 valence electrons. The van der Waals surface area contributed by atoms with E-state index in [0.29, 0.717) is 17.5 Å². The number of ketones is 1. The maximum absolute atomic E-state index is 11.9. The van der Waals surface area contributed by atoms with Gasteiger partial charge in [0.05, 0.1) is 5.75 Å². The molecule has 1 aliphatic carbocycles. The average Bonchev–Trinajstić information content (AvgIpc) is 2.73. The van der Waals surface area contributed by atoms with Gasteiger partial charge in [0, 0.05) is 17.0 Å². The van der Waals surface area contributed by atoms with E-state index in [2.05, 4.69) is 4.98 Å². The van der Waals surface area contributed by atoms with Crippen LogP contribution in [0.1, 0.15) is 37.8 Å². The first kappa shape index (κ1) is 12.1. The van der Waals surface area contributed by atoms with Gasteiger partial charge in [-0.15, -0.1) is 11.3 Å². The van der Waals surface area contributed by atoms with Crippen molar-refractivity contribution in [2.45, 2.75) is 43.4 Å². The third kappa shape index (κ3) is 3.32. The van der Waals surface area contributed by atoms with Crippen molar-refractivity contribution >= 4 is 28.9 Å². The van der Waals surface area contributed by atoms with Crippen molar-refractivity contribution in [2.24, 2.45) is 5.92 Å². The average molecular weight is 255 g/mol. The summed E-state index contributed by atoms with van der Waals surface area (Å²) in [4.78, 5) is 16.3. The van der Waals surface area contributed by atoms with E-state index in [4.69, 9.17) is 0 Å². The van der Waals surface area contributed by atoms with Crippen LogP contribution in [0.25, 0.3) is 0 Å². The van der Waals surface area contributed by atoms with Gasteiger partial charge in [0.1, 0.15) is 5.78 Å². The number of carbonyl (C=O) groups excluding carboxylic acids is 1. The smallest absolute Gasteiger partial charge is 0.150 e. The van der Waals surface area contributed by atoms with Crippen LogP contribution in [-0.4, -0.2) is 16.5 Å². The Kier molecular flexibility index (Phi) is 4.41. The Bertz CT molecular complexity index is 356. The summed E-state index contributed by atoms with van der Waals surface area (Å²) in [6.45, 7) is 1.99. The Hall–Kier alpha value is -0.350. The second-order valence-corrected chi connectivity index (χ2v) is 6.43. The number of hydrogen-bond acceptors (Lipinski definition) is 4. The molecule has 1 saturated carbocycles. The van der Waals surface area contributed by atoms with Gasteiger partial charge in [-0.3, -0.25) is 4.79 Å². The highest BCUT2D eigenvalue weighted by atomic mass is 32.2. The number of aryl methyl sites for hydroxylation is 1. The second kappa shape index (κ2) is 5.82. The molecular formula is C12H17NOS2. The fourth-order valence-corrected chi connectivity index (χ4v) is 3.90. The zero-order chi connectivity index (χ0) is 11.4. The highest BCUT2D eigenvalue weighted by molar-refractivity contribution is 8.01. The summed E-state index contributed by atoms with van der Waals surface area (Å²) < 4.78 is 1.03. The van der Waals surface area contributed by atoms with Crippen molar-refractivity contribution in [2.75, 3.05) is 5.75 Å². The molecule has 1 aliphatic rings. The molecule has 0 N–H and O–H groups in total. The molecule has 0 atom stereocenters. The SMILES string of the molecule is Cc1csc(SCC(=O)C2CCCCC2)n1. The van der Waals surface area contributed by atoms with Crippen LogP contribution < -0.4 is 0 Å². The molecule has 4 heteroatoms. The highest BCUT2D eigenvalue weighted by Crippen LogP contribution is 2.28. The molecule has 0 bridgehead atoms. The molecule has 0 amide bonds. The molecular weight excluding hydrogens is 238 g/mol. The van der Waals surface area contributed by atoms with Crippen LogP contribution in [0, 0.1) is 12.8 Å². The fourth-order valence-electron chi connectivity index (χ4n) is 2.07. The monoisotopic (exact) mass is 255 g/mol. The minimum absolute atomic E-state index is 0.335. The molecule has 0 radical (unpaired) electrons. The molecule has 0 spiro atoms. The van der Waals surface area contributed by atoms with E-state index < -0.39 is 0 Å². The van der Waals surface area contributed by atoms with Gasteiger partial charge in [-0.1, -0.05) is 31.0 Å². The maximum Gasteiger partial charge on any atom is 0.150 e. The van der Waals surface area contributed by atoms with Crippen molar-refractivity contribution in [3.63, 3.8) is 0 Å². The van der Waals surface area contributed by atoms with Gasteiger partial charge in [-0.25, -0.2) is 4.98 Å². The minimum Gasteiger partial charge on any atom is -0.298 e. The van der Waals surface area contributed by atoms with E-state index in [1.807, 2.05) is 12.3 Å². The van der Waals surface area contributed by atoms with Crippen LogP contribution in [0.4, 0.5) is 0 Å². The predicted molar refractivity (Wildman–Crippen MR) is 69.2 cm³/mol. The number of hydrogen-bond donors (Lipinski definition) is 0. The van der Waals surface area contributed by atoms with Gasteiger partial charge in [0.15, 0.2) is 4.34 Å². The third-order valence-corrected chi connectivity index (χ3v) is 5.16. The molecule has 1 heterocycles. The van der Waals surface area contributed by atoms with Crippen molar-refractivity contribution in [3.8, 4) is 0 Å². The Morgan fingerprint density at radius 2 is 2.25 bits per heavy atom. The van der Waals surface area contributed by atoms with Crippen molar-refractivity contribution in [1.29, 1.82) is 0 Å². The van der Waals surface area contributed by atoms with Crippen LogP contribution in [-0.2, 0) is 4.79 Å². The number of thiazole rings is 1. The third-order valence-electron chi connectivity index (χ3n) is 3.00. The number of nitrogens with zero attached hydrogens (tertiary/aromatic N) is 1. The summed E-state index contributed by atoms with van der Waals surface area (Å²) in [7, 11) is 0. The number of Topliss-reactive ketones (excluding diaryl/α,β-unsaturated/α-hetero) is 1. The van der Waals surface area contributed by atoms with Crippen molar-refractivity contribution in [3.05, 3.63) is 11.1 Å². The van der Waals surface area contributed by atoms with Crippen LogP contribution in [0.3, 0.4) is 0 Å². The van der Waals surface area contributed by atoms with Gasteiger partial charge in [-0.05, 0) is 19.8 Å². The van der Waals surface area contributed by atoms with Gasteiger partial charge >= 0.3 is 0 Å². The van der Waals surface area contributed by atoms with Gasteiger partial charge in [0.2, 0.25) is 0 Å². The minimum atomic E-state index is 0.335. The molecule has 0 saturated heterocycles. The number of aromatic nitrogens is 1. The maximum atomic E-state index is 11.9. The van der Waals surface area contributed by atoms with E-state index in [1.165, 1.54) is 19.3 Å². The molecule has 1 aromatic heterocycles. The van der Waals surface area contributed by atoms with Crippen LogP contribution in [0.15, 0.2) is 9.72 Å². The molecule has 1 aromatic rings. The van der Waals surface area contributed by atoms with Crippen LogP contribution >= 0.6 is 23.1 Å². The predicted octanol–water partition coefficient (Wildman–Crippen LogP) is 3.69. The highest BCUT2D eigenvalue weighted by Gasteiger charge is 2.21. The lowest BCUT2D eigenvalue weighted by Gasteiger charge is -2.19. The van der Waals surface area contributed by atoms with E-state index in [0.717, 1.165) is 22.9 Å². The number of thioether (sulfide) groups is 1. The first-order valence-electron chi connectivity index (χ1n) is 5.83.